The Hall–Kier alpha value is -2.14. The number of hydrogen-bond donors (Lipinski definition) is 2. The van der Waals surface area contributed by atoms with Crippen LogP contribution in [-0.2, 0) is 5.54 Å². The molecule has 1 heterocycles. The Morgan fingerprint density at radius 1 is 1.14 bits per heavy atom. The minimum Gasteiger partial charge on any atom is -0.340 e. The molecular weight excluding hydrogens is 342 g/mol. The molecule has 0 aliphatic rings. The second-order valence-electron chi connectivity index (χ2n) is 5.66. The van der Waals surface area contributed by atoms with Crippen molar-refractivity contribution < 1.29 is 4.79 Å². The maximum Gasteiger partial charge on any atom is 0.253 e. The fourth-order valence-electron chi connectivity index (χ4n) is 2.30. The number of halogens is 1. The first-order valence-corrected chi connectivity index (χ1v) is 7.79. The number of fused-ring (bicyclic) bond motifs is 1. The van der Waals surface area contributed by atoms with Crippen LogP contribution in [0.15, 0.2) is 53.0 Å². The van der Waals surface area contributed by atoms with Crippen LogP contribution in [0, 0.1) is 0 Å². The number of para-hydroxylation sites is 2. The van der Waals surface area contributed by atoms with Gasteiger partial charge in [-0.25, -0.2) is 4.98 Å². The monoisotopic (exact) mass is 357 g/mol. The number of nitrogens with one attached hydrogen (secondary N) is 2. The topological polar surface area (TPSA) is 57.8 Å². The van der Waals surface area contributed by atoms with E-state index in [0.717, 1.165) is 21.3 Å². The molecule has 2 aromatic carbocycles. The Morgan fingerprint density at radius 3 is 2.55 bits per heavy atom. The van der Waals surface area contributed by atoms with Gasteiger partial charge in [0.2, 0.25) is 0 Å². The number of benzene rings is 2. The summed E-state index contributed by atoms with van der Waals surface area (Å²) in [5, 5.41) is 3.03. The van der Waals surface area contributed by atoms with Gasteiger partial charge in [0, 0.05) is 4.47 Å². The van der Waals surface area contributed by atoms with Crippen LogP contribution < -0.4 is 5.32 Å². The molecule has 0 unspecified atom stereocenters. The van der Waals surface area contributed by atoms with E-state index in [1.165, 1.54) is 0 Å². The number of carbonyl (C=O) groups is 1. The lowest BCUT2D eigenvalue weighted by atomic mass is 10.0. The molecule has 0 saturated heterocycles. The maximum atomic E-state index is 12.5. The average Bonchev–Trinajstić information content (AvgIpc) is 2.92. The van der Waals surface area contributed by atoms with Gasteiger partial charge < -0.3 is 10.3 Å². The fraction of sp³-hybridized carbons (Fsp3) is 0.176. The number of hydrogen-bond acceptors (Lipinski definition) is 2. The van der Waals surface area contributed by atoms with Gasteiger partial charge in [0.05, 0.1) is 22.1 Å². The number of nitrogens with zero attached hydrogens (tertiary/aromatic N) is 1. The summed E-state index contributed by atoms with van der Waals surface area (Å²) in [4.78, 5) is 20.3. The standard InChI is InChI=1S/C17H16BrN3O/c1-17(2,16-19-13-9-5-6-10-14(13)20-16)21-15(22)11-7-3-4-8-12(11)18/h3-10H,1-2H3,(H,19,20)(H,21,22). The third-order valence-electron chi connectivity index (χ3n) is 3.53. The number of aromatic nitrogens is 2. The van der Waals surface area contributed by atoms with Gasteiger partial charge in [0.15, 0.2) is 0 Å². The zero-order valence-corrected chi connectivity index (χ0v) is 13.9. The van der Waals surface area contributed by atoms with E-state index < -0.39 is 5.54 Å². The molecule has 0 bridgehead atoms. The Morgan fingerprint density at radius 2 is 1.82 bits per heavy atom. The highest BCUT2D eigenvalue weighted by Crippen LogP contribution is 2.23. The van der Waals surface area contributed by atoms with Crippen LogP contribution in [0.4, 0.5) is 0 Å². The first-order valence-electron chi connectivity index (χ1n) is 7.00. The first kappa shape index (κ1) is 14.8. The predicted octanol–water partition coefficient (Wildman–Crippen LogP) is 3.99. The van der Waals surface area contributed by atoms with Crippen molar-refractivity contribution in [2.75, 3.05) is 0 Å². The van der Waals surface area contributed by atoms with Crippen LogP contribution in [0.25, 0.3) is 11.0 Å². The van der Waals surface area contributed by atoms with Crippen molar-refractivity contribution in [2.45, 2.75) is 19.4 Å². The van der Waals surface area contributed by atoms with E-state index in [1.807, 2.05) is 56.3 Å². The third-order valence-corrected chi connectivity index (χ3v) is 4.22. The minimum absolute atomic E-state index is 0.141. The molecule has 22 heavy (non-hydrogen) atoms. The van der Waals surface area contributed by atoms with Crippen molar-refractivity contribution in [2.24, 2.45) is 0 Å². The highest BCUT2D eigenvalue weighted by Gasteiger charge is 2.27. The highest BCUT2D eigenvalue weighted by molar-refractivity contribution is 9.10. The summed E-state index contributed by atoms with van der Waals surface area (Å²) in [7, 11) is 0. The number of imidazole rings is 1. The Bertz CT molecular complexity index is 806. The lowest BCUT2D eigenvalue weighted by Gasteiger charge is -2.24. The van der Waals surface area contributed by atoms with Crippen LogP contribution >= 0.6 is 15.9 Å². The molecule has 0 radical (unpaired) electrons. The molecule has 0 spiro atoms. The van der Waals surface area contributed by atoms with Gasteiger partial charge in [0.1, 0.15) is 5.82 Å². The number of rotatable bonds is 3. The van der Waals surface area contributed by atoms with Crippen LogP contribution in [0.2, 0.25) is 0 Å². The summed E-state index contributed by atoms with van der Waals surface area (Å²) >= 11 is 3.40. The number of H-pyrrole nitrogens is 1. The molecule has 1 aromatic heterocycles. The van der Waals surface area contributed by atoms with E-state index in [0.29, 0.717) is 5.56 Å². The van der Waals surface area contributed by atoms with Crippen molar-refractivity contribution >= 4 is 32.9 Å². The Kier molecular flexibility index (Phi) is 3.74. The van der Waals surface area contributed by atoms with Crippen molar-refractivity contribution in [1.29, 1.82) is 0 Å². The van der Waals surface area contributed by atoms with Crippen molar-refractivity contribution in [1.82, 2.24) is 15.3 Å². The summed E-state index contributed by atoms with van der Waals surface area (Å²) in [6.07, 6.45) is 0. The molecule has 4 nitrogen and oxygen atoms in total. The van der Waals surface area contributed by atoms with Crippen molar-refractivity contribution in [3.05, 3.63) is 64.4 Å². The molecule has 0 aliphatic heterocycles. The van der Waals surface area contributed by atoms with Crippen LogP contribution in [0.5, 0.6) is 0 Å². The molecule has 3 rings (SSSR count). The molecule has 3 aromatic rings. The largest absolute Gasteiger partial charge is 0.340 e. The lowest BCUT2D eigenvalue weighted by Crippen LogP contribution is -2.42. The second kappa shape index (κ2) is 5.57. The van der Waals surface area contributed by atoms with Gasteiger partial charge in [0.25, 0.3) is 5.91 Å². The van der Waals surface area contributed by atoms with Gasteiger partial charge in [-0.15, -0.1) is 0 Å². The molecule has 0 saturated carbocycles. The SMILES string of the molecule is CC(C)(NC(=O)c1ccccc1Br)c1nc2ccccc2[nH]1. The Labute approximate surface area is 137 Å². The van der Waals surface area contributed by atoms with E-state index in [-0.39, 0.29) is 5.91 Å². The van der Waals surface area contributed by atoms with Crippen molar-refractivity contribution in [3.8, 4) is 0 Å². The third kappa shape index (κ3) is 2.76. The molecule has 5 heteroatoms. The van der Waals surface area contributed by atoms with E-state index in [1.54, 1.807) is 6.07 Å². The first-order chi connectivity index (χ1) is 10.5. The second-order valence-corrected chi connectivity index (χ2v) is 6.52. The average molecular weight is 358 g/mol. The van der Waals surface area contributed by atoms with Crippen molar-refractivity contribution in [3.63, 3.8) is 0 Å². The lowest BCUT2D eigenvalue weighted by molar-refractivity contribution is 0.0908. The minimum atomic E-state index is -0.606. The van der Waals surface area contributed by atoms with Gasteiger partial charge in [-0.1, -0.05) is 24.3 Å². The molecule has 2 N–H and O–H groups in total. The quantitative estimate of drug-likeness (QED) is 0.744. The molecule has 0 fully saturated rings. The molecule has 112 valence electrons. The number of carbonyl (C=O) groups excluding carboxylic acids is 1. The van der Waals surface area contributed by atoms with E-state index in [9.17, 15) is 4.79 Å². The van der Waals surface area contributed by atoms with Gasteiger partial charge >= 0.3 is 0 Å². The van der Waals surface area contributed by atoms with Crippen LogP contribution in [0.1, 0.15) is 30.0 Å². The van der Waals surface area contributed by atoms with Gasteiger partial charge in [-0.2, -0.15) is 0 Å². The highest BCUT2D eigenvalue weighted by atomic mass is 79.9. The van der Waals surface area contributed by atoms with Crippen LogP contribution in [0.3, 0.4) is 0 Å². The zero-order chi connectivity index (χ0) is 15.7. The molecule has 1 amide bonds. The summed E-state index contributed by atoms with van der Waals surface area (Å²) in [5.41, 5.74) is 1.85. The van der Waals surface area contributed by atoms with Gasteiger partial charge in [-0.05, 0) is 54.0 Å². The Balaban J connectivity index is 1.89. The fourth-order valence-corrected chi connectivity index (χ4v) is 2.77. The molecule has 0 aliphatic carbocycles. The smallest absolute Gasteiger partial charge is 0.253 e. The van der Waals surface area contributed by atoms with E-state index in [2.05, 4.69) is 31.2 Å². The maximum absolute atomic E-state index is 12.5. The summed E-state index contributed by atoms with van der Waals surface area (Å²) in [5.74, 6) is 0.590. The van der Waals surface area contributed by atoms with Crippen LogP contribution in [-0.4, -0.2) is 15.9 Å². The summed E-state index contributed by atoms with van der Waals surface area (Å²) in [6.45, 7) is 3.86. The normalized spacial score (nSPS) is 11.6. The number of aromatic amines is 1. The molecular formula is C17H16BrN3O. The summed E-state index contributed by atoms with van der Waals surface area (Å²) < 4.78 is 0.771. The van der Waals surface area contributed by atoms with E-state index >= 15 is 0 Å². The number of amides is 1. The van der Waals surface area contributed by atoms with Gasteiger partial charge in [-0.3, -0.25) is 4.79 Å². The summed E-state index contributed by atoms with van der Waals surface area (Å²) in [6, 6.07) is 15.2. The van der Waals surface area contributed by atoms with E-state index in [4.69, 9.17) is 0 Å². The zero-order valence-electron chi connectivity index (χ0n) is 12.4. The predicted molar refractivity (Wildman–Crippen MR) is 90.7 cm³/mol. The molecule has 0 atom stereocenters.